The van der Waals surface area contributed by atoms with Gasteiger partial charge in [0.2, 0.25) is 0 Å². The topological polar surface area (TPSA) is 79.5 Å². The first-order chi connectivity index (χ1) is 10.5. The number of nitrogens with one attached hydrogen (secondary N) is 2. The summed E-state index contributed by atoms with van der Waals surface area (Å²) in [6.07, 6.45) is -1.10. The number of aliphatic hydroxyl groups excluding tert-OH is 1. The third-order valence-corrected chi connectivity index (χ3v) is 3.79. The van der Waals surface area contributed by atoms with Gasteiger partial charge in [-0.2, -0.15) is 0 Å². The average molecular weight is 342 g/mol. The Labute approximate surface area is 138 Å². The molecular weight excluding hydrogens is 325 g/mol. The molecule has 0 heterocycles. The molecule has 2 aromatic carbocycles. The van der Waals surface area contributed by atoms with Gasteiger partial charge in [-0.1, -0.05) is 58.6 Å². The highest BCUT2D eigenvalue weighted by atomic mass is 35.5. The number of nitrogens with two attached hydrogens (primary N) is 1. The van der Waals surface area contributed by atoms with Crippen molar-refractivity contribution in [2.24, 2.45) is 5.73 Å². The lowest BCUT2D eigenvalue weighted by atomic mass is 10.0. The first-order valence-corrected chi connectivity index (χ1v) is 7.35. The lowest BCUT2D eigenvalue weighted by molar-refractivity contribution is 0.0704. The number of aliphatic hydroxyl groups is 1. The van der Waals surface area contributed by atoms with Crippen LogP contribution in [0.3, 0.4) is 0 Å². The van der Waals surface area contributed by atoms with Crippen molar-refractivity contribution >= 4 is 23.2 Å². The second-order valence-electron chi connectivity index (χ2n) is 4.80. The molecule has 0 spiro atoms. The third-order valence-electron chi connectivity index (χ3n) is 3.05. The third kappa shape index (κ3) is 4.58. The monoisotopic (exact) mass is 341 g/mol. The molecular formula is C15H17Cl2N3O2. The highest BCUT2D eigenvalue weighted by molar-refractivity contribution is 6.42. The molecule has 7 heteroatoms. The smallest absolute Gasteiger partial charge is 0.150 e. The van der Waals surface area contributed by atoms with Crippen LogP contribution in [0.25, 0.3) is 0 Å². The number of rotatable bonds is 6. The van der Waals surface area contributed by atoms with E-state index in [1.807, 2.05) is 31.2 Å². The van der Waals surface area contributed by atoms with Crippen LogP contribution in [0, 0.1) is 6.92 Å². The Kier molecular flexibility index (Phi) is 6.02. The van der Waals surface area contributed by atoms with E-state index in [-0.39, 0.29) is 0 Å². The summed E-state index contributed by atoms with van der Waals surface area (Å²) in [5, 5.41) is 10.5. The Hall–Kier alpha value is -1.34. The number of hydrogen-bond acceptors (Lipinski definition) is 5. The van der Waals surface area contributed by atoms with Crippen molar-refractivity contribution in [1.29, 1.82) is 0 Å². The van der Waals surface area contributed by atoms with E-state index < -0.39 is 12.3 Å². The van der Waals surface area contributed by atoms with Crippen molar-refractivity contribution in [3.05, 3.63) is 63.6 Å². The van der Waals surface area contributed by atoms with Gasteiger partial charge in [-0.15, -0.1) is 0 Å². The van der Waals surface area contributed by atoms with E-state index in [4.69, 9.17) is 33.8 Å². The first-order valence-electron chi connectivity index (χ1n) is 6.60. The molecule has 2 rings (SSSR count). The second kappa shape index (κ2) is 7.78. The standard InChI is InChI=1S/C15H17Cl2N3O2/c1-9-2-4-10(5-3-9)14(15(18)21)19-20-22-11-6-7-12(16)13(17)8-11/h2-8,14-15,19-21H,18H2,1H3. The summed E-state index contributed by atoms with van der Waals surface area (Å²) in [6, 6.07) is 11.9. The summed E-state index contributed by atoms with van der Waals surface area (Å²) in [5.41, 5.74) is 12.9. The maximum Gasteiger partial charge on any atom is 0.150 e. The molecule has 118 valence electrons. The van der Waals surface area contributed by atoms with Gasteiger partial charge in [0.25, 0.3) is 0 Å². The molecule has 2 unspecified atom stereocenters. The summed E-state index contributed by atoms with van der Waals surface area (Å²) >= 11 is 11.7. The zero-order valence-corrected chi connectivity index (χ0v) is 13.4. The van der Waals surface area contributed by atoms with Crippen molar-refractivity contribution < 1.29 is 9.94 Å². The number of hydrogen-bond donors (Lipinski definition) is 4. The van der Waals surface area contributed by atoms with Gasteiger partial charge in [-0.3, -0.25) is 0 Å². The molecule has 0 amide bonds. The quantitative estimate of drug-likeness (QED) is 0.480. The molecule has 5 N–H and O–H groups in total. The first kappa shape index (κ1) is 17.0. The lowest BCUT2D eigenvalue weighted by Crippen LogP contribution is -2.45. The van der Waals surface area contributed by atoms with Gasteiger partial charge in [-0.25, -0.2) is 5.43 Å². The molecule has 2 aromatic rings. The highest BCUT2D eigenvalue weighted by Crippen LogP contribution is 2.25. The van der Waals surface area contributed by atoms with Crippen molar-refractivity contribution in [2.75, 3.05) is 0 Å². The number of aryl methyl sites for hydroxylation is 1. The molecule has 0 bridgehead atoms. The molecule has 0 aliphatic rings. The summed E-state index contributed by atoms with van der Waals surface area (Å²) in [5.74, 6) is 0.469. The summed E-state index contributed by atoms with van der Waals surface area (Å²) in [7, 11) is 0. The Morgan fingerprint density at radius 2 is 1.77 bits per heavy atom. The fourth-order valence-electron chi connectivity index (χ4n) is 1.83. The molecule has 0 aromatic heterocycles. The van der Waals surface area contributed by atoms with Crippen LogP contribution in [-0.4, -0.2) is 11.3 Å². The lowest BCUT2D eigenvalue weighted by Gasteiger charge is -2.22. The Bertz CT molecular complexity index is 621. The van der Waals surface area contributed by atoms with Crippen LogP contribution >= 0.6 is 23.2 Å². The molecule has 22 heavy (non-hydrogen) atoms. The fourth-order valence-corrected chi connectivity index (χ4v) is 2.12. The van der Waals surface area contributed by atoms with E-state index in [1.165, 1.54) is 0 Å². The van der Waals surface area contributed by atoms with E-state index >= 15 is 0 Å². The van der Waals surface area contributed by atoms with Gasteiger partial charge < -0.3 is 15.7 Å². The average Bonchev–Trinajstić information content (AvgIpc) is 2.48. The van der Waals surface area contributed by atoms with Crippen LogP contribution in [0.2, 0.25) is 10.0 Å². The predicted molar refractivity (Wildman–Crippen MR) is 87.5 cm³/mol. The van der Waals surface area contributed by atoms with Crippen LogP contribution in [-0.2, 0) is 0 Å². The van der Waals surface area contributed by atoms with E-state index in [0.717, 1.165) is 11.1 Å². The molecule has 5 nitrogen and oxygen atoms in total. The molecule has 2 atom stereocenters. The summed E-state index contributed by atoms with van der Waals surface area (Å²) in [6.45, 7) is 1.98. The van der Waals surface area contributed by atoms with Gasteiger partial charge in [0.15, 0.2) is 5.75 Å². The highest BCUT2D eigenvalue weighted by Gasteiger charge is 2.17. The number of benzene rings is 2. The van der Waals surface area contributed by atoms with Gasteiger partial charge >= 0.3 is 0 Å². The van der Waals surface area contributed by atoms with Crippen LogP contribution in [0.5, 0.6) is 5.75 Å². The van der Waals surface area contributed by atoms with Crippen molar-refractivity contribution in [3.63, 3.8) is 0 Å². The molecule has 0 aliphatic carbocycles. The second-order valence-corrected chi connectivity index (χ2v) is 5.62. The Balaban J connectivity index is 1.97. The number of hydrazine groups is 1. The molecule has 0 saturated heterocycles. The summed E-state index contributed by atoms with van der Waals surface area (Å²) in [4.78, 5) is 5.30. The zero-order chi connectivity index (χ0) is 16.1. The van der Waals surface area contributed by atoms with Crippen LogP contribution in [0.4, 0.5) is 0 Å². The summed E-state index contributed by atoms with van der Waals surface area (Å²) < 4.78 is 0. The van der Waals surface area contributed by atoms with Crippen molar-refractivity contribution in [3.8, 4) is 5.75 Å². The van der Waals surface area contributed by atoms with Crippen molar-refractivity contribution in [1.82, 2.24) is 11.0 Å². The Morgan fingerprint density at radius 1 is 1.09 bits per heavy atom. The Morgan fingerprint density at radius 3 is 2.36 bits per heavy atom. The van der Waals surface area contributed by atoms with Crippen molar-refractivity contribution in [2.45, 2.75) is 19.2 Å². The number of halogens is 2. The largest absolute Gasteiger partial charge is 0.394 e. The normalized spacial score (nSPS) is 13.7. The van der Waals surface area contributed by atoms with E-state index in [9.17, 15) is 5.11 Å². The minimum Gasteiger partial charge on any atom is -0.394 e. The van der Waals surface area contributed by atoms with Gasteiger partial charge in [-0.05, 0) is 24.6 Å². The minimum absolute atomic E-state index is 0.384. The van der Waals surface area contributed by atoms with Gasteiger partial charge in [0, 0.05) is 6.07 Å². The molecule has 0 saturated carbocycles. The zero-order valence-electron chi connectivity index (χ0n) is 11.9. The van der Waals surface area contributed by atoms with E-state index in [0.29, 0.717) is 15.8 Å². The van der Waals surface area contributed by atoms with E-state index in [2.05, 4.69) is 11.0 Å². The SMILES string of the molecule is Cc1ccc(C(NNOc2ccc(Cl)c(Cl)c2)C(N)O)cc1. The molecule has 0 radical (unpaired) electrons. The van der Waals surface area contributed by atoms with Crippen LogP contribution < -0.4 is 21.6 Å². The van der Waals surface area contributed by atoms with Crippen LogP contribution in [0.15, 0.2) is 42.5 Å². The van der Waals surface area contributed by atoms with Gasteiger partial charge in [0.05, 0.1) is 16.1 Å². The molecule has 0 fully saturated rings. The minimum atomic E-state index is -1.10. The maximum atomic E-state index is 9.69. The van der Waals surface area contributed by atoms with Crippen LogP contribution in [0.1, 0.15) is 17.2 Å². The molecule has 0 aliphatic heterocycles. The maximum absolute atomic E-state index is 9.69. The fraction of sp³-hybridized carbons (Fsp3) is 0.200. The predicted octanol–water partition coefficient (Wildman–Crippen LogP) is 2.71. The van der Waals surface area contributed by atoms with E-state index in [1.54, 1.807) is 18.2 Å². The van der Waals surface area contributed by atoms with Gasteiger partial charge in [0.1, 0.15) is 6.23 Å².